The van der Waals surface area contributed by atoms with E-state index >= 15 is 0 Å². The number of aromatic nitrogens is 1. The lowest BCUT2D eigenvalue weighted by molar-refractivity contribution is 0.0524. The number of aryl methyl sites for hydroxylation is 1. The minimum Gasteiger partial charge on any atom is -0.494 e. The van der Waals surface area contributed by atoms with E-state index in [1.165, 1.54) is 11.3 Å². The van der Waals surface area contributed by atoms with E-state index in [1.54, 1.807) is 26.3 Å². The number of methoxy groups -OCH3 is 1. The molecule has 2 aliphatic rings. The van der Waals surface area contributed by atoms with Crippen LogP contribution in [-0.2, 0) is 11.2 Å². The fourth-order valence-corrected chi connectivity index (χ4v) is 5.55. The molecule has 0 saturated heterocycles. The summed E-state index contributed by atoms with van der Waals surface area (Å²) in [5.74, 6) is 0.200. The first-order valence-electron chi connectivity index (χ1n) is 10.6. The van der Waals surface area contributed by atoms with E-state index in [0.717, 1.165) is 46.6 Å². The number of benzene rings is 1. The standard InChI is InChI=1S/C24H23NO5S/c1-3-30-24(28)17-12-25(14-7-8-14)20-16(21(17)27)10-9-15(22(20)29-2)19-11-13-5-4-6-18(26)23(13)31-19/h9-12,14H,3-8H2,1-2H3. The second-order valence-electron chi connectivity index (χ2n) is 8.02. The van der Waals surface area contributed by atoms with Crippen molar-refractivity contribution < 1.29 is 19.1 Å². The number of ketones is 1. The predicted octanol–water partition coefficient (Wildman–Crippen LogP) is 4.77. The number of Topliss-reactive ketones (excluding diaryl/α,β-unsaturated/α-hetero) is 1. The van der Waals surface area contributed by atoms with Crippen molar-refractivity contribution in [2.45, 2.75) is 45.1 Å². The molecule has 0 amide bonds. The van der Waals surface area contributed by atoms with E-state index in [-0.39, 0.29) is 29.4 Å². The van der Waals surface area contributed by atoms with Crippen LogP contribution < -0.4 is 10.2 Å². The minimum absolute atomic E-state index is 0.0493. The summed E-state index contributed by atoms with van der Waals surface area (Å²) in [5, 5.41) is 0.440. The smallest absolute Gasteiger partial charge is 0.343 e. The Bertz CT molecular complexity index is 1280. The zero-order valence-corrected chi connectivity index (χ0v) is 18.3. The topological polar surface area (TPSA) is 74.6 Å². The second kappa shape index (κ2) is 7.64. The summed E-state index contributed by atoms with van der Waals surface area (Å²) in [4.78, 5) is 39.7. The van der Waals surface area contributed by atoms with Gasteiger partial charge in [-0.05, 0) is 56.4 Å². The zero-order valence-electron chi connectivity index (χ0n) is 17.5. The van der Waals surface area contributed by atoms with E-state index in [1.807, 2.05) is 10.6 Å². The Morgan fingerprint density at radius 2 is 2.03 bits per heavy atom. The summed E-state index contributed by atoms with van der Waals surface area (Å²) >= 11 is 1.49. The van der Waals surface area contributed by atoms with Crippen LogP contribution in [0.25, 0.3) is 21.3 Å². The lowest BCUT2D eigenvalue weighted by atomic mass is 9.97. The molecule has 2 aromatic heterocycles. The molecule has 0 bridgehead atoms. The predicted molar refractivity (Wildman–Crippen MR) is 120 cm³/mol. The lowest BCUT2D eigenvalue weighted by Crippen LogP contribution is -2.21. The van der Waals surface area contributed by atoms with Gasteiger partial charge in [-0.2, -0.15) is 0 Å². The third-order valence-corrected chi connectivity index (χ3v) is 7.22. The maximum atomic E-state index is 13.1. The number of carbonyl (C=O) groups excluding carboxylic acids is 2. The summed E-state index contributed by atoms with van der Waals surface area (Å²) in [5.41, 5.74) is 2.35. The number of esters is 1. The van der Waals surface area contributed by atoms with Crippen LogP contribution in [0, 0.1) is 0 Å². The highest BCUT2D eigenvalue weighted by Crippen LogP contribution is 2.45. The van der Waals surface area contributed by atoms with E-state index in [4.69, 9.17) is 9.47 Å². The molecule has 0 spiro atoms. The molecule has 31 heavy (non-hydrogen) atoms. The monoisotopic (exact) mass is 437 g/mol. The first kappa shape index (κ1) is 20.0. The van der Waals surface area contributed by atoms with Crippen molar-refractivity contribution in [3.05, 3.63) is 50.6 Å². The first-order chi connectivity index (χ1) is 15.0. The first-order valence-corrected chi connectivity index (χ1v) is 11.4. The fourth-order valence-electron chi connectivity index (χ4n) is 4.35. The van der Waals surface area contributed by atoms with Crippen LogP contribution in [-0.4, -0.2) is 30.0 Å². The van der Waals surface area contributed by atoms with E-state index in [2.05, 4.69) is 6.07 Å². The molecular weight excluding hydrogens is 414 g/mol. The lowest BCUT2D eigenvalue weighted by Gasteiger charge is -2.17. The van der Waals surface area contributed by atoms with E-state index < -0.39 is 5.97 Å². The van der Waals surface area contributed by atoms with Crippen molar-refractivity contribution in [2.75, 3.05) is 13.7 Å². The van der Waals surface area contributed by atoms with Crippen molar-refractivity contribution in [1.82, 2.24) is 4.57 Å². The number of rotatable bonds is 5. The largest absolute Gasteiger partial charge is 0.494 e. The highest BCUT2D eigenvalue weighted by molar-refractivity contribution is 7.17. The van der Waals surface area contributed by atoms with Gasteiger partial charge in [-0.15, -0.1) is 11.3 Å². The third-order valence-electron chi connectivity index (χ3n) is 5.96. The normalized spacial score (nSPS) is 15.7. The Labute approximate surface area is 183 Å². The van der Waals surface area contributed by atoms with E-state index in [0.29, 0.717) is 23.1 Å². The molecule has 2 heterocycles. The highest BCUT2D eigenvalue weighted by atomic mass is 32.1. The Kier molecular flexibility index (Phi) is 4.93. The number of ether oxygens (including phenoxy) is 2. The van der Waals surface area contributed by atoms with Gasteiger partial charge in [0, 0.05) is 29.1 Å². The number of hydrogen-bond donors (Lipinski definition) is 0. The van der Waals surface area contributed by atoms with Crippen molar-refractivity contribution in [3.8, 4) is 16.2 Å². The molecule has 2 aliphatic carbocycles. The summed E-state index contributed by atoms with van der Waals surface area (Å²) in [6.07, 6.45) is 5.97. The molecule has 3 aromatic rings. The molecule has 5 rings (SSSR count). The molecule has 1 saturated carbocycles. The zero-order chi connectivity index (χ0) is 21.7. The van der Waals surface area contributed by atoms with Gasteiger partial charge in [-0.3, -0.25) is 9.59 Å². The van der Waals surface area contributed by atoms with Crippen LogP contribution in [0.4, 0.5) is 0 Å². The van der Waals surface area contributed by atoms with Gasteiger partial charge in [0.05, 0.1) is 29.5 Å². The van der Waals surface area contributed by atoms with Crippen molar-refractivity contribution in [2.24, 2.45) is 0 Å². The number of nitrogens with zero attached hydrogens (tertiary/aromatic N) is 1. The Hall–Kier alpha value is -2.93. The summed E-state index contributed by atoms with van der Waals surface area (Å²) < 4.78 is 12.9. The van der Waals surface area contributed by atoms with E-state index in [9.17, 15) is 14.4 Å². The number of hydrogen-bond acceptors (Lipinski definition) is 6. The van der Waals surface area contributed by atoms with Gasteiger partial charge in [0.2, 0.25) is 5.43 Å². The SMILES string of the molecule is CCOC(=O)c1cn(C2CC2)c2c(OC)c(-c3cc4c(s3)C(=O)CCC4)ccc2c1=O. The van der Waals surface area contributed by atoms with Gasteiger partial charge in [-0.1, -0.05) is 0 Å². The maximum absolute atomic E-state index is 13.1. The molecule has 7 heteroatoms. The van der Waals surface area contributed by atoms with Crippen LogP contribution in [0.3, 0.4) is 0 Å². The minimum atomic E-state index is -0.601. The molecule has 0 radical (unpaired) electrons. The summed E-state index contributed by atoms with van der Waals surface area (Å²) in [6, 6.07) is 5.92. The molecule has 1 fully saturated rings. The number of carbonyl (C=O) groups is 2. The van der Waals surface area contributed by atoms with Crippen molar-refractivity contribution in [1.29, 1.82) is 0 Å². The third kappa shape index (κ3) is 3.28. The molecule has 0 atom stereocenters. The average molecular weight is 438 g/mol. The summed E-state index contributed by atoms with van der Waals surface area (Å²) in [6.45, 7) is 1.93. The molecule has 0 unspecified atom stereocenters. The van der Waals surface area contributed by atoms with Crippen LogP contribution in [0.5, 0.6) is 5.75 Å². The van der Waals surface area contributed by atoms with Crippen molar-refractivity contribution >= 4 is 34.0 Å². The van der Waals surface area contributed by atoms with Gasteiger partial charge in [0.25, 0.3) is 0 Å². The quantitative estimate of drug-likeness (QED) is 0.538. The average Bonchev–Trinajstić information content (AvgIpc) is 3.51. The molecule has 0 N–H and O–H groups in total. The molecular formula is C24H23NO5S. The van der Waals surface area contributed by atoms with Crippen LogP contribution in [0.15, 0.2) is 29.2 Å². The van der Waals surface area contributed by atoms with Gasteiger partial charge in [-0.25, -0.2) is 4.79 Å². The maximum Gasteiger partial charge on any atom is 0.343 e. The summed E-state index contributed by atoms with van der Waals surface area (Å²) in [7, 11) is 1.60. The Balaban J connectivity index is 1.75. The van der Waals surface area contributed by atoms with Crippen LogP contribution in [0.1, 0.15) is 64.2 Å². The van der Waals surface area contributed by atoms with Gasteiger partial charge < -0.3 is 14.0 Å². The molecule has 6 nitrogen and oxygen atoms in total. The Morgan fingerprint density at radius 3 is 2.71 bits per heavy atom. The molecule has 160 valence electrons. The Morgan fingerprint density at radius 1 is 1.23 bits per heavy atom. The van der Waals surface area contributed by atoms with Crippen LogP contribution >= 0.6 is 11.3 Å². The number of fused-ring (bicyclic) bond motifs is 2. The number of pyridine rings is 1. The number of thiophene rings is 1. The second-order valence-corrected chi connectivity index (χ2v) is 9.07. The van der Waals surface area contributed by atoms with Gasteiger partial charge in [0.15, 0.2) is 11.5 Å². The molecule has 0 aliphatic heterocycles. The van der Waals surface area contributed by atoms with Gasteiger partial charge in [0.1, 0.15) is 5.56 Å². The van der Waals surface area contributed by atoms with Crippen molar-refractivity contribution in [3.63, 3.8) is 0 Å². The molecule has 1 aromatic carbocycles. The van der Waals surface area contributed by atoms with Crippen LogP contribution in [0.2, 0.25) is 0 Å². The fraction of sp³-hybridized carbons (Fsp3) is 0.375. The highest BCUT2D eigenvalue weighted by Gasteiger charge is 2.30. The van der Waals surface area contributed by atoms with Gasteiger partial charge >= 0.3 is 5.97 Å².